The zero-order valence-corrected chi connectivity index (χ0v) is 13.7. The largest absolute Gasteiger partial charge is 0.339 e. The highest BCUT2D eigenvalue weighted by molar-refractivity contribution is 7.98. The normalized spacial score (nSPS) is 14.3. The van der Waals surface area contributed by atoms with E-state index in [4.69, 9.17) is 11.6 Å². The van der Waals surface area contributed by atoms with E-state index in [2.05, 4.69) is 4.98 Å². The van der Waals surface area contributed by atoms with Crippen LogP contribution in [0, 0.1) is 0 Å². The number of aromatic nitrogens is 1. The Balaban J connectivity index is 1.62. The lowest BCUT2D eigenvalue weighted by Gasteiger charge is -2.15. The molecule has 0 unspecified atom stereocenters. The highest BCUT2D eigenvalue weighted by atomic mass is 35.5. The number of rotatable bonds is 4. The molecule has 2 heterocycles. The molecule has 0 N–H and O–H groups in total. The fourth-order valence-electron chi connectivity index (χ4n) is 2.48. The van der Waals surface area contributed by atoms with Gasteiger partial charge >= 0.3 is 0 Å². The monoisotopic (exact) mass is 332 g/mol. The van der Waals surface area contributed by atoms with Gasteiger partial charge in [0.1, 0.15) is 5.03 Å². The number of nitrogens with zero attached hydrogens (tertiary/aromatic N) is 2. The van der Waals surface area contributed by atoms with Gasteiger partial charge in [-0.1, -0.05) is 23.7 Å². The van der Waals surface area contributed by atoms with E-state index in [0.717, 1.165) is 47.8 Å². The molecule has 0 radical (unpaired) electrons. The molecule has 1 fully saturated rings. The fraction of sp³-hybridized carbons (Fsp3) is 0.294. The molecule has 114 valence electrons. The van der Waals surface area contributed by atoms with Crippen LogP contribution in [0.5, 0.6) is 0 Å². The predicted molar refractivity (Wildman–Crippen MR) is 90.4 cm³/mol. The molecule has 1 aliphatic rings. The number of benzene rings is 1. The molecule has 1 aliphatic heterocycles. The van der Waals surface area contributed by atoms with E-state index in [0.29, 0.717) is 5.02 Å². The second kappa shape index (κ2) is 7.16. The average molecular weight is 333 g/mol. The molecule has 1 aromatic heterocycles. The summed E-state index contributed by atoms with van der Waals surface area (Å²) >= 11 is 7.70. The van der Waals surface area contributed by atoms with E-state index in [1.54, 1.807) is 18.0 Å². The molecule has 0 bridgehead atoms. The first-order chi connectivity index (χ1) is 10.7. The van der Waals surface area contributed by atoms with Crippen molar-refractivity contribution in [2.45, 2.75) is 23.6 Å². The number of carbonyl (C=O) groups excluding carboxylic acids is 1. The number of likely N-dealkylation sites (tertiary alicyclic amines) is 1. The lowest BCUT2D eigenvalue weighted by molar-refractivity contribution is 0.0793. The summed E-state index contributed by atoms with van der Waals surface area (Å²) in [4.78, 5) is 18.5. The van der Waals surface area contributed by atoms with Gasteiger partial charge in [0, 0.05) is 30.6 Å². The van der Waals surface area contributed by atoms with E-state index in [1.165, 1.54) is 0 Å². The molecule has 0 saturated carbocycles. The van der Waals surface area contributed by atoms with Crippen LogP contribution >= 0.6 is 23.4 Å². The van der Waals surface area contributed by atoms with Gasteiger partial charge in [0.25, 0.3) is 5.91 Å². The molecule has 1 aromatic carbocycles. The van der Waals surface area contributed by atoms with Crippen molar-refractivity contribution in [3.05, 3.63) is 58.7 Å². The Morgan fingerprint density at radius 3 is 2.59 bits per heavy atom. The topological polar surface area (TPSA) is 33.2 Å². The first-order valence-corrected chi connectivity index (χ1v) is 8.72. The van der Waals surface area contributed by atoms with Crippen molar-refractivity contribution in [2.75, 3.05) is 13.1 Å². The highest BCUT2D eigenvalue weighted by Crippen LogP contribution is 2.27. The van der Waals surface area contributed by atoms with Crippen molar-refractivity contribution in [3.8, 4) is 0 Å². The maximum absolute atomic E-state index is 12.3. The SMILES string of the molecule is O=C(c1ccc(CSc2ncccc2Cl)cc1)N1CCCC1. The van der Waals surface area contributed by atoms with Crippen LogP contribution in [0.4, 0.5) is 0 Å². The van der Waals surface area contributed by atoms with Gasteiger partial charge in [-0.15, -0.1) is 11.8 Å². The van der Waals surface area contributed by atoms with Gasteiger partial charge in [0.2, 0.25) is 0 Å². The molecular formula is C17H17ClN2OS. The summed E-state index contributed by atoms with van der Waals surface area (Å²) in [5.74, 6) is 0.930. The van der Waals surface area contributed by atoms with Gasteiger partial charge in [-0.2, -0.15) is 0 Å². The Morgan fingerprint density at radius 1 is 1.18 bits per heavy atom. The number of thioether (sulfide) groups is 1. The van der Waals surface area contributed by atoms with Crippen molar-refractivity contribution < 1.29 is 4.79 Å². The van der Waals surface area contributed by atoms with Crippen LogP contribution < -0.4 is 0 Å². The molecule has 5 heteroatoms. The van der Waals surface area contributed by atoms with Crippen LogP contribution in [0.1, 0.15) is 28.8 Å². The summed E-state index contributed by atoms with van der Waals surface area (Å²) in [6.45, 7) is 1.77. The Bertz CT molecular complexity index is 654. The van der Waals surface area contributed by atoms with E-state index in [-0.39, 0.29) is 5.91 Å². The summed E-state index contributed by atoms with van der Waals surface area (Å²) in [6, 6.07) is 11.5. The summed E-state index contributed by atoms with van der Waals surface area (Å²) in [7, 11) is 0. The Kier molecular flexibility index (Phi) is 5.01. The van der Waals surface area contributed by atoms with Gasteiger partial charge in [0.05, 0.1) is 5.02 Å². The van der Waals surface area contributed by atoms with E-state index in [9.17, 15) is 4.79 Å². The highest BCUT2D eigenvalue weighted by Gasteiger charge is 2.19. The van der Waals surface area contributed by atoms with E-state index < -0.39 is 0 Å². The van der Waals surface area contributed by atoms with Crippen LogP contribution in [0.3, 0.4) is 0 Å². The minimum absolute atomic E-state index is 0.143. The van der Waals surface area contributed by atoms with Gasteiger partial charge in [-0.25, -0.2) is 4.98 Å². The zero-order valence-electron chi connectivity index (χ0n) is 12.2. The third kappa shape index (κ3) is 3.62. The molecule has 3 rings (SSSR count). The van der Waals surface area contributed by atoms with Crippen molar-refractivity contribution in [1.29, 1.82) is 0 Å². The number of amides is 1. The molecule has 1 amide bonds. The molecule has 0 aliphatic carbocycles. The molecule has 22 heavy (non-hydrogen) atoms. The number of carbonyl (C=O) groups is 1. The third-order valence-electron chi connectivity index (χ3n) is 3.69. The molecule has 1 saturated heterocycles. The summed E-state index contributed by atoms with van der Waals surface area (Å²) in [5.41, 5.74) is 1.93. The fourth-order valence-corrected chi connectivity index (χ4v) is 3.60. The zero-order chi connectivity index (χ0) is 15.4. The quantitative estimate of drug-likeness (QED) is 0.784. The molecular weight excluding hydrogens is 316 g/mol. The number of hydrogen-bond acceptors (Lipinski definition) is 3. The Morgan fingerprint density at radius 2 is 1.91 bits per heavy atom. The van der Waals surface area contributed by atoms with Crippen molar-refractivity contribution in [3.63, 3.8) is 0 Å². The number of halogens is 1. The third-order valence-corrected chi connectivity index (χ3v) is 5.19. The van der Waals surface area contributed by atoms with Gasteiger partial charge in [-0.3, -0.25) is 4.79 Å². The lowest BCUT2D eigenvalue weighted by Crippen LogP contribution is -2.27. The number of pyridine rings is 1. The maximum atomic E-state index is 12.3. The molecule has 0 atom stereocenters. The van der Waals surface area contributed by atoms with E-state index in [1.807, 2.05) is 41.3 Å². The van der Waals surface area contributed by atoms with Gasteiger partial charge in [0.15, 0.2) is 0 Å². The Labute approximate surface area is 139 Å². The van der Waals surface area contributed by atoms with Crippen LogP contribution in [0.2, 0.25) is 5.02 Å². The summed E-state index contributed by atoms with van der Waals surface area (Å²) in [6.07, 6.45) is 3.97. The second-order valence-corrected chi connectivity index (χ2v) is 6.65. The molecule has 0 spiro atoms. The minimum Gasteiger partial charge on any atom is -0.339 e. The van der Waals surface area contributed by atoms with Crippen LogP contribution in [-0.2, 0) is 5.75 Å². The first kappa shape index (κ1) is 15.4. The number of hydrogen-bond donors (Lipinski definition) is 0. The standard InChI is InChI=1S/C17H17ClN2OS/c18-15-4-3-9-19-16(15)22-12-13-5-7-14(8-6-13)17(21)20-10-1-2-11-20/h3-9H,1-2,10-12H2. The van der Waals surface area contributed by atoms with Crippen LogP contribution in [-0.4, -0.2) is 28.9 Å². The molecule has 2 aromatic rings. The smallest absolute Gasteiger partial charge is 0.253 e. The van der Waals surface area contributed by atoms with Gasteiger partial charge in [-0.05, 0) is 42.7 Å². The summed E-state index contributed by atoms with van der Waals surface area (Å²) < 4.78 is 0. The molecule has 3 nitrogen and oxygen atoms in total. The summed E-state index contributed by atoms with van der Waals surface area (Å²) in [5, 5.41) is 1.51. The van der Waals surface area contributed by atoms with Crippen LogP contribution in [0.25, 0.3) is 0 Å². The second-order valence-electron chi connectivity index (χ2n) is 5.28. The maximum Gasteiger partial charge on any atom is 0.253 e. The van der Waals surface area contributed by atoms with E-state index >= 15 is 0 Å². The lowest BCUT2D eigenvalue weighted by atomic mass is 10.1. The Hall–Kier alpha value is -1.52. The van der Waals surface area contributed by atoms with Crippen molar-refractivity contribution in [2.24, 2.45) is 0 Å². The first-order valence-electron chi connectivity index (χ1n) is 7.35. The van der Waals surface area contributed by atoms with Crippen molar-refractivity contribution in [1.82, 2.24) is 9.88 Å². The van der Waals surface area contributed by atoms with Gasteiger partial charge < -0.3 is 4.90 Å². The minimum atomic E-state index is 0.143. The predicted octanol–water partition coefficient (Wildman–Crippen LogP) is 4.26. The average Bonchev–Trinajstić information content (AvgIpc) is 3.08. The van der Waals surface area contributed by atoms with Crippen molar-refractivity contribution >= 4 is 29.3 Å². The van der Waals surface area contributed by atoms with Crippen LogP contribution in [0.15, 0.2) is 47.6 Å².